The van der Waals surface area contributed by atoms with Gasteiger partial charge in [0.05, 0.1) is 0 Å². The summed E-state index contributed by atoms with van der Waals surface area (Å²) in [5, 5.41) is 1.20. The second-order valence-electron chi connectivity index (χ2n) is 3.98. The van der Waals surface area contributed by atoms with E-state index in [-0.39, 0.29) is 0 Å². The average Bonchev–Trinajstić information content (AvgIpc) is 2.67. The van der Waals surface area contributed by atoms with Crippen molar-refractivity contribution in [3.8, 4) is 0 Å². The minimum atomic E-state index is 0.633. The molecule has 0 unspecified atom stereocenters. The van der Waals surface area contributed by atoms with E-state index in [4.69, 9.17) is 10.5 Å². The molecule has 0 saturated carbocycles. The first-order chi connectivity index (χ1) is 7.29. The van der Waals surface area contributed by atoms with Crippen LogP contribution in [0, 0.1) is 5.92 Å². The van der Waals surface area contributed by atoms with Gasteiger partial charge < -0.3 is 15.4 Å². The number of piperidine rings is 1. The molecule has 0 spiro atoms. The van der Waals surface area contributed by atoms with Gasteiger partial charge in [-0.1, -0.05) is 0 Å². The van der Waals surface area contributed by atoms with Crippen LogP contribution in [0.2, 0.25) is 0 Å². The zero-order valence-electron chi connectivity index (χ0n) is 8.98. The van der Waals surface area contributed by atoms with Gasteiger partial charge in [0.15, 0.2) is 0 Å². The van der Waals surface area contributed by atoms with Crippen molar-refractivity contribution < 1.29 is 4.74 Å². The molecule has 1 saturated heterocycles. The molecule has 0 bridgehead atoms. The van der Waals surface area contributed by atoms with Crippen molar-refractivity contribution in [3.05, 3.63) is 6.07 Å². The summed E-state index contributed by atoms with van der Waals surface area (Å²) in [5.41, 5.74) is 5.61. The van der Waals surface area contributed by atoms with Crippen LogP contribution < -0.4 is 10.6 Å². The largest absolute Gasteiger partial charge is 0.384 e. The molecule has 2 heterocycles. The lowest BCUT2D eigenvalue weighted by Gasteiger charge is -2.31. The van der Waals surface area contributed by atoms with Gasteiger partial charge in [0.1, 0.15) is 10.8 Å². The molecule has 1 aromatic heterocycles. The number of hydrogen-bond acceptors (Lipinski definition) is 5. The van der Waals surface area contributed by atoms with Crippen molar-refractivity contribution in [3.63, 3.8) is 0 Å². The summed E-state index contributed by atoms with van der Waals surface area (Å²) < 4.78 is 9.28. The van der Waals surface area contributed by atoms with Gasteiger partial charge in [0.25, 0.3) is 0 Å². The Morgan fingerprint density at radius 3 is 2.87 bits per heavy atom. The van der Waals surface area contributed by atoms with Crippen LogP contribution in [-0.2, 0) is 4.74 Å². The minimum absolute atomic E-state index is 0.633. The molecule has 1 fully saturated rings. The van der Waals surface area contributed by atoms with E-state index in [0.29, 0.717) is 5.82 Å². The number of nitrogens with two attached hydrogens (primary N) is 1. The molecule has 1 aliphatic rings. The number of anilines is 2. The number of hydrogen-bond donors (Lipinski definition) is 1. The lowest BCUT2D eigenvalue weighted by molar-refractivity contribution is 0.139. The third-order valence-electron chi connectivity index (χ3n) is 2.84. The first-order valence-corrected chi connectivity index (χ1v) is 6.03. The van der Waals surface area contributed by atoms with Crippen LogP contribution in [0.3, 0.4) is 0 Å². The van der Waals surface area contributed by atoms with Crippen molar-refractivity contribution in [2.24, 2.45) is 5.92 Å². The van der Waals surface area contributed by atoms with E-state index in [0.717, 1.165) is 25.6 Å². The van der Waals surface area contributed by atoms with E-state index in [1.54, 1.807) is 7.11 Å². The topological polar surface area (TPSA) is 51.4 Å². The molecule has 0 radical (unpaired) electrons. The van der Waals surface area contributed by atoms with Gasteiger partial charge in [-0.3, -0.25) is 0 Å². The maximum absolute atomic E-state index is 5.61. The molecule has 0 atom stereocenters. The minimum Gasteiger partial charge on any atom is -0.384 e. The number of rotatable bonds is 3. The number of nitrogens with zero attached hydrogens (tertiary/aromatic N) is 2. The molecular formula is C10H17N3OS. The van der Waals surface area contributed by atoms with E-state index < -0.39 is 0 Å². The Bertz CT molecular complexity index is 307. The highest BCUT2D eigenvalue weighted by Gasteiger charge is 2.20. The van der Waals surface area contributed by atoms with Crippen molar-refractivity contribution in [2.75, 3.05) is 37.4 Å². The summed E-state index contributed by atoms with van der Waals surface area (Å²) in [6.45, 7) is 3.07. The molecule has 1 aliphatic heterocycles. The first kappa shape index (κ1) is 10.7. The molecule has 2 N–H and O–H groups in total. The standard InChI is InChI=1S/C10H17N3OS/c1-14-7-8-2-4-13(5-3-8)10-6-9(11)12-15-10/h6,8H,2-5,7H2,1H3,(H2,11,12). The van der Waals surface area contributed by atoms with Crippen molar-refractivity contribution in [1.29, 1.82) is 0 Å². The van der Waals surface area contributed by atoms with Gasteiger partial charge in [-0.25, -0.2) is 0 Å². The van der Waals surface area contributed by atoms with Gasteiger partial charge in [-0.2, -0.15) is 4.37 Å². The van der Waals surface area contributed by atoms with Crippen LogP contribution in [0.4, 0.5) is 10.8 Å². The van der Waals surface area contributed by atoms with Crippen LogP contribution in [0.15, 0.2) is 6.07 Å². The third-order valence-corrected chi connectivity index (χ3v) is 3.71. The summed E-state index contributed by atoms with van der Waals surface area (Å²) in [7, 11) is 1.77. The fourth-order valence-corrected chi connectivity index (χ4v) is 2.71. The van der Waals surface area contributed by atoms with Gasteiger partial charge in [-0.05, 0) is 30.3 Å². The Morgan fingerprint density at radius 2 is 2.33 bits per heavy atom. The predicted octanol–water partition coefficient (Wildman–Crippen LogP) is 1.59. The predicted molar refractivity (Wildman–Crippen MR) is 63.3 cm³/mol. The van der Waals surface area contributed by atoms with E-state index in [2.05, 4.69) is 9.27 Å². The van der Waals surface area contributed by atoms with Gasteiger partial charge in [0.2, 0.25) is 0 Å². The average molecular weight is 227 g/mol. The SMILES string of the molecule is COCC1CCN(c2cc(N)ns2)CC1. The Balaban J connectivity index is 1.88. The second kappa shape index (κ2) is 4.81. The molecule has 2 rings (SSSR count). The maximum Gasteiger partial charge on any atom is 0.139 e. The highest BCUT2D eigenvalue weighted by molar-refractivity contribution is 7.10. The quantitative estimate of drug-likeness (QED) is 0.852. The molecule has 0 aliphatic carbocycles. The zero-order chi connectivity index (χ0) is 10.7. The third kappa shape index (κ3) is 2.60. The lowest BCUT2D eigenvalue weighted by atomic mass is 9.98. The summed E-state index contributed by atoms with van der Waals surface area (Å²) >= 11 is 1.49. The molecule has 0 amide bonds. The van der Waals surface area contributed by atoms with Crippen LogP contribution >= 0.6 is 11.5 Å². The fraction of sp³-hybridized carbons (Fsp3) is 0.700. The van der Waals surface area contributed by atoms with E-state index in [1.165, 1.54) is 29.4 Å². The van der Waals surface area contributed by atoms with E-state index in [1.807, 2.05) is 6.07 Å². The summed E-state index contributed by atoms with van der Waals surface area (Å²) in [4.78, 5) is 2.36. The molecule has 84 valence electrons. The van der Waals surface area contributed by atoms with Gasteiger partial charge >= 0.3 is 0 Å². The van der Waals surface area contributed by atoms with Crippen LogP contribution in [-0.4, -0.2) is 31.2 Å². The summed E-state index contributed by atoms with van der Waals surface area (Å²) in [6.07, 6.45) is 2.40. The fourth-order valence-electron chi connectivity index (χ4n) is 1.98. The molecule has 15 heavy (non-hydrogen) atoms. The lowest BCUT2D eigenvalue weighted by Crippen LogP contribution is -2.34. The molecule has 1 aromatic rings. The van der Waals surface area contributed by atoms with E-state index in [9.17, 15) is 0 Å². The molecule has 0 aromatic carbocycles. The summed E-state index contributed by atoms with van der Waals surface area (Å²) in [6, 6.07) is 1.96. The maximum atomic E-state index is 5.61. The monoisotopic (exact) mass is 227 g/mol. The van der Waals surface area contributed by atoms with Gasteiger partial charge in [0, 0.05) is 32.9 Å². The van der Waals surface area contributed by atoms with E-state index >= 15 is 0 Å². The Morgan fingerprint density at radius 1 is 1.60 bits per heavy atom. The van der Waals surface area contributed by atoms with Crippen LogP contribution in [0.1, 0.15) is 12.8 Å². The highest BCUT2D eigenvalue weighted by Crippen LogP contribution is 2.27. The Labute approximate surface area is 94.2 Å². The first-order valence-electron chi connectivity index (χ1n) is 5.25. The summed E-state index contributed by atoms with van der Waals surface area (Å²) in [5.74, 6) is 1.35. The van der Waals surface area contributed by atoms with Crippen molar-refractivity contribution >= 4 is 22.4 Å². The van der Waals surface area contributed by atoms with Crippen LogP contribution in [0.5, 0.6) is 0 Å². The Kier molecular flexibility index (Phi) is 3.43. The number of methoxy groups -OCH3 is 1. The smallest absolute Gasteiger partial charge is 0.139 e. The number of aromatic nitrogens is 1. The molecule has 4 nitrogen and oxygen atoms in total. The second-order valence-corrected chi connectivity index (χ2v) is 4.76. The molecular weight excluding hydrogens is 210 g/mol. The Hall–Kier alpha value is -0.810. The zero-order valence-corrected chi connectivity index (χ0v) is 9.80. The van der Waals surface area contributed by atoms with Crippen molar-refractivity contribution in [1.82, 2.24) is 4.37 Å². The van der Waals surface area contributed by atoms with Gasteiger partial charge in [-0.15, -0.1) is 0 Å². The highest BCUT2D eigenvalue weighted by atomic mass is 32.1. The number of nitrogen functional groups attached to an aromatic ring is 1. The van der Waals surface area contributed by atoms with Crippen molar-refractivity contribution in [2.45, 2.75) is 12.8 Å². The molecule has 5 heteroatoms. The normalized spacial score (nSPS) is 18.3. The van der Waals surface area contributed by atoms with Crippen LogP contribution in [0.25, 0.3) is 0 Å². The number of ether oxygens (including phenoxy) is 1.